The molecule has 0 heterocycles. The second-order valence-corrected chi connectivity index (χ2v) is 9.59. The molecule has 2 aliphatic rings. The van der Waals surface area contributed by atoms with Crippen LogP contribution in [-0.2, 0) is 5.41 Å². The van der Waals surface area contributed by atoms with Crippen LogP contribution in [-0.4, -0.2) is 0 Å². The van der Waals surface area contributed by atoms with Gasteiger partial charge in [0.05, 0.1) is 15.7 Å². The molecule has 1 saturated carbocycles. The molecule has 0 amide bonds. The van der Waals surface area contributed by atoms with E-state index in [0.29, 0.717) is 10.0 Å². The second kappa shape index (κ2) is 7.69. The lowest BCUT2D eigenvalue weighted by Gasteiger charge is -2.30. The van der Waals surface area contributed by atoms with Gasteiger partial charge in [-0.25, -0.2) is 0 Å². The lowest BCUT2D eigenvalue weighted by atomic mass is 9.76. The first-order valence-corrected chi connectivity index (χ1v) is 12.0. The number of nitrogens with zero attached hydrogens (tertiary/aromatic N) is 1. The Morgan fingerprint density at radius 1 is 0.625 bits per heavy atom. The normalized spacial score (nSPS) is 15.6. The van der Waals surface area contributed by atoms with Gasteiger partial charge in [-0.05, 0) is 71.5 Å². The molecule has 1 spiro atoms. The minimum absolute atomic E-state index is 0.127. The van der Waals surface area contributed by atoms with Crippen LogP contribution in [0.5, 0.6) is 0 Å². The fourth-order valence-electron chi connectivity index (χ4n) is 5.77. The van der Waals surface area contributed by atoms with Crippen molar-refractivity contribution >= 4 is 40.3 Å². The molecule has 0 aromatic heterocycles. The highest BCUT2D eigenvalue weighted by Crippen LogP contribution is 2.57. The van der Waals surface area contributed by atoms with E-state index < -0.39 is 0 Å². The van der Waals surface area contributed by atoms with Gasteiger partial charge in [0.15, 0.2) is 0 Å². The molecule has 0 bridgehead atoms. The molecule has 4 aromatic rings. The zero-order chi connectivity index (χ0) is 21.7. The van der Waals surface area contributed by atoms with Crippen molar-refractivity contribution in [1.29, 1.82) is 0 Å². The maximum absolute atomic E-state index is 6.73. The van der Waals surface area contributed by atoms with Crippen molar-refractivity contribution < 1.29 is 0 Å². The van der Waals surface area contributed by atoms with Gasteiger partial charge in [-0.15, -0.1) is 0 Å². The summed E-state index contributed by atoms with van der Waals surface area (Å²) < 4.78 is 0. The third kappa shape index (κ3) is 2.92. The van der Waals surface area contributed by atoms with Gasteiger partial charge in [0.1, 0.15) is 0 Å². The SMILES string of the molecule is Clc1cccc(N(c2ccccc2)c2ccc3c(c2)C2(CCCC2)c2ccccc2-3)c1Cl. The quantitative estimate of drug-likeness (QED) is 0.297. The van der Waals surface area contributed by atoms with Crippen molar-refractivity contribution in [3.63, 3.8) is 0 Å². The Morgan fingerprint density at radius 2 is 1.34 bits per heavy atom. The van der Waals surface area contributed by atoms with E-state index >= 15 is 0 Å². The summed E-state index contributed by atoms with van der Waals surface area (Å²) in [5.41, 5.74) is 8.90. The van der Waals surface area contributed by atoms with E-state index in [9.17, 15) is 0 Å². The fraction of sp³-hybridized carbons (Fsp3) is 0.172. The van der Waals surface area contributed by atoms with Gasteiger partial charge in [-0.1, -0.05) is 90.6 Å². The maximum atomic E-state index is 6.73. The summed E-state index contributed by atoms with van der Waals surface area (Å²) >= 11 is 13.2. The highest BCUT2D eigenvalue weighted by Gasteiger charge is 2.45. The van der Waals surface area contributed by atoms with Crippen molar-refractivity contribution in [2.45, 2.75) is 31.1 Å². The van der Waals surface area contributed by atoms with Gasteiger partial charge in [-0.3, -0.25) is 0 Å². The van der Waals surface area contributed by atoms with Gasteiger partial charge in [0.2, 0.25) is 0 Å². The zero-order valence-corrected chi connectivity index (χ0v) is 19.2. The predicted octanol–water partition coefficient (Wildman–Crippen LogP) is 9.30. The van der Waals surface area contributed by atoms with E-state index in [2.05, 4.69) is 71.6 Å². The van der Waals surface area contributed by atoms with Crippen LogP contribution in [0.15, 0.2) is 91.0 Å². The van der Waals surface area contributed by atoms with E-state index in [1.807, 2.05) is 24.3 Å². The van der Waals surface area contributed by atoms with Gasteiger partial charge in [-0.2, -0.15) is 0 Å². The van der Waals surface area contributed by atoms with Crippen molar-refractivity contribution in [2.24, 2.45) is 0 Å². The lowest BCUT2D eigenvalue weighted by Crippen LogP contribution is -2.21. The highest BCUT2D eigenvalue weighted by atomic mass is 35.5. The number of rotatable bonds is 3. The number of benzene rings is 4. The summed E-state index contributed by atoms with van der Waals surface area (Å²) in [6, 6.07) is 32.1. The Bertz CT molecular complexity index is 1310. The number of hydrogen-bond donors (Lipinski definition) is 0. The van der Waals surface area contributed by atoms with Crippen LogP contribution in [0.2, 0.25) is 10.0 Å². The van der Waals surface area contributed by atoms with Crippen LogP contribution in [0.3, 0.4) is 0 Å². The molecular weight excluding hydrogens is 433 g/mol. The number of hydrogen-bond acceptors (Lipinski definition) is 1. The number of para-hydroxylation sites is 1. The minimum atomic E-state index is 0.127. The molecular formula is C29H23Cl2N. The largest absolute Gasteiger partial charge is 0.309 e. The molecule has 0 radical (unpaired) electrons. The Hall–Kier alpha value is -2.74. The van der Waals surface area contributed by atoms with E-state index in [1.54, 1.807) is 0 Å². The topological polar surface area (TPSA) is 3.24 Å². The van der Waals surface area contributed by atoms with Gasteiger partial charge < -0.3 is 4.90 Å². The predicted molar refractivity (Wildman–Crippen MR) is 136 cm³/mol. The average molecular weight is 456 g/mol. The number of anilines is 3. The molecule has 3 heteroatoms. The van der Waals surface area contributed by atoms with E-state index in [4.69, 9.17) is 23.2 Å². The molecule has 32 heavy (non-hydrogen) atoms. The third-order valence-corrected chi connectivity index (χ3v) is 7.96. The fourth-order valence-corrected chi connectivity index (χ4v) is 6.15. The monoisotopic (exact) mass is 455 g/mol. The molecule has 4 aromatic carbocycles. The first kappa shape index (κ1) is 19.9. The summed E-state index contributed by atoms with van der Waals surface area (Å²) in [6.07, 6.45) is 4.98. The zero-order valence-electron chi connectivity index (χ0n) is 17.7. The van der Waals surface area contributed by atoms with Gasteiger partial charge in [0.25, 0.3) is 0 Å². The minimum Gasteiger partial charge on any atom is -0.309 e. The average Bonchev–Trinajstić information content (AvgIpc) is 3.43. The molecule has 1 nitrogen and oxygen atoms in total. The van der Waals surface area contributed by atoms with E-state index in [0.717, 1.165) is 17.1 Å². The van der Waals surface area contributed by atoms with Crippen LogP contribution >= 0.6 is 23.2 Å². The summed E-state index contributed by atoms with van der Waals surface area (Å²) in [5, 5.41) is 1.13. The van der Waals surface area contributed by atoms with Gasteiger partial charge >= 0.3 is 0 Å². The van der Waals surface area contributed by atoms with Crippen LogP contribution in [0.4, 0.5) is 17.1 Å². The Morgan fingerprint density at radius 3 is 2.16 bits per heavy atom. The van der Waals surface area contributed by atoms with E-state index in [1.165, 1.54) is 47.9 Å². The van der Waals surface area contributed by atoms with Gasteiger partial charge in [0, 0.05) is 16.8 Å². The molecule has 2 aliphatic carbocycles. The van der Waals surface area contributed by atoms with Crippen molar-refractivity contribution in [3.05, 3.63) is 112 Å². The number of halogens is 2. The van der Waals surface area contributed by atoms with Crippen molar-refractivity contribution in [3.8, 4) is 11.1 Å². The maximum Gasteiger partial charge on any atom is 0.0832 e. The van der Waals surface area contributed by atoms with Crippen molar-refractivity contribution in [2.75, 3.05) is 4.90 Å². The molecule has 0 N–H and O–H groups in total. The summed E-state index contributed by atoms with van der Waals surface area (Å²) in [6.45, 7) is 0. The second-order valence-electron chi connectivity index (χ2n) is 8.81. The molecule has 0 aliphatic heterocycles. The smallest absolute Gasteiger partial charge is 0.0832 e. The number of fused-ring (bicyclic) bond motifs is 5. The Balaban J connectivity index is 1.58. The molecule has 0 saturated heterocycles. The molecule has 6 rings (SSSR count). The molecule has 158 valence electrons. The van der Waals surface area contributed by atoms with Crippen LogP contribution in [0, 0.1) is 0 Å². The summed E-state index contributed by atoms with van der Waals surface area (Å²) in [4.78, 5) is 2.22. The Labute approximate surface area is 199 Å². The van der Waals surface area contributed by atoms with Crippen LogP contribution in [0.25, 0.3) is 11.1 Å². The first-order chi connectivity index (χ1) is 15.7. The summed E-state index contributed by atoms with van der Waals surface area (Å²) in [5.74, 6) is 0. The standard InChI is InChI=1S/C29H23Cl2N/c30-26-13-8-14-27(28(26)31)32(20-9-2-1-3-10-20)21-15-16-23-22-11-4-5-12-24(22)29(25(23)19-21)17-6-7-18-29/h1-5,8-16,19H,6-7,17-18H2. The van der Waals surface area contributed by atoms with Crippen LogP contribution in [0.1, 0.15) is 36.8 Å². The summed E-state index contributed by atoms with van der Waals surface area (Å²) in [7, 11) is 0. The van der Waals surface area contributed by atoms with Crippen molar-refractivity contribution in [1.82, 2.24) is 0 Å². The molecule has 0 atom stereocenters. The van der Waals surface area contributed by atoms with Crippen LogP contribution < -0.4 is 4.90 Å². The molecule has 0 unspecified atom stereocenters. The lowest BCUT2D eigenvalue weighted by molar-refractivity contribution is 0.550. The molecule has 1 fully saturated rings. The first-order valence-electron chi connectivity index (χ1n) is 11.2. The Kier molecular flexibility index (Phi) is 4.78. The highest BCUT2D eigenvalue weighted by molar-refractivity contribution is 6.43. The third-order valence-electron chi connectivity index (χ3n) is 7.15. The van der Waals surface area contributed by atoms with E-state index in [-0.39, 0.29) is 5.41 Å².